The summed E-state index contributed by atoms with van der Waals surface area (Å²) in [6.45, 7) is 1.25. The maximum Gasteiger partial charge on any atom is 0.328 e. The first-order chi connectivity index (χ1) is 9.04. The Morgan fingerprint density at radius 2 is 2.00 bits per heavy atom. The highest BCUT2D eigenvalue weighted by Gasteiger charge is 2.16. The molecule has 4 nitrogen and oxygen atoms in total. The minimum atomic E-state index is -1.07. The Morgan fingerprint density at radius 3 is 2.63 bits per heavy atom. The van der Waals surface area contributed by atoms with Crippen molar-refractivity contribution in [2.75, 3.05) is 29.5 Å². The molecule has 0 saturated carbocycles. The van der Waals surface area contributed by atoms with E-state index in [2.05, 4.69) is 0 Å². The largest absolute Gasteiger partial charge is 0.478 e. The second kappa shape index (κ2) is 5.97. The number of aliphatic carboxylic acids is 1. The van der Waals surface area contributed by atoms with Crippen LogP contribution in [0.1, 0.15) is 5.56 Å². The molecular formula is C13H14FNO3S. The highest BCUT2D eigenvalue weighted by atomic mass is 32.2. The molecule has 0 aliphatic carbocycles. The predicted molar refractivity (Wildman–Crippen MR) is 73.2 cm³/mol. The van der Waals surface area contributed by atoms with Gasteiger partial charge < -0.3 is 10.0 Å². The first-order valence-corrected chi connectivity index (χ1v) is 7.35. The highest BCUT2D eigenvalue weighted by molar-refractivity contribution is 7.85. The van der Waals surface area contributed by atoms with Crippen molar-refractivity contribution in [2.45, 2.75) is 0 Å². The summed E-state index contributed by atoms with van der Waals surface area (Å²) in [5, 5.41) is 8.57. The van der Waals surface area contributed by atoms with Gasteiger partial charge >= 0.3 is 5.97 Å². The number of nitrogens with zero attached hydrogens (tertiary/aromatic N) is 1. The van der Waals surface area contributed by atoms with Gasteiger partial charge in [-0.15, -0.1) is 0 Å². The van der Waals surface area contributed by atoms with E-state index in [-0.39, 0.29) is 0 Å². The Morgan fingerprint density at radius 1 is 1.32 bits per heavy atom. The lowest BCUT2D eigenvalue weighted by Crippen LogP contribution is -2.37. The SMILES string of the molecule is O=C(O)/C=C/c1cc(F)cc(N2CCS(=O)CC2)c1. The molecule has 0 radical (unpaired) electrons. The fourth-order valence-corrected chi connectivity index (χ4v) is 2.99. The van der Waals surface area contributed by atoms with E-state index in [1.807, 2.05) is 4.90 Å². The van der Waals surface area contributed by atoms with Crippen LogP contribution in [0.15, 0.2) is 24.3 Å². The molecule has 0 atom stereocenters. The number of carbonyl (C=O) groups is 1. The lowest BCUT2D eigenvalue weighted by Gasteiger charge is -2.28. The molecule has 0 aromatic heterocycles. The van der Waals surface area contributed by atoms with Crippen molar-refractivity contribution < 1.29 is 18.5 Å². The van der Waals surface area contributed by atoms with Gasteiger partial charge in [-0.05, 0) is 29.8 Å². The summed E-state index contributed by atoms with van der Waals surface area (Å²) in [4.78, 5) is 12.4. The van der Waals surface area contributed by atoms with Crippen LogP contribution in [-0.2, 0) is 15.6 Å². The summed E-state index contributed by atoms with van der Waals surface area (Å²) < 4.78 is 24.8. The van der Waals surface area contributed by atoms with E-state index >= 15 is 0 Å². The number of hydrogen-bond acceptors (Lipinski definition) is 3. The molecule has 1 aromatic rings. The number of benzene rings is 1. The minimum Gasteiger partial charge on any atom is -0.478 e. The van der Waals surface area contributed by atoms with E-state index in [0.717, 1.165) is 6.08 Å². The van der Waals surface area contributed by atoms with Gasteiger partial charge in [0.25, 0.3) is 0 Å². The standard InChI is InChI=1S/C13H14FNO3S/c14-11-7-10(1-2-13(16)17)8-12(9-11)15-3-5-19(18)6-4-15/h1-2,7-9H,3-6H2,(H,16,17)/b2-1+. The predicted octanol–water partition coefficient (Wildman–Crippen LogP) is 1.49. The lowest BCUT2D eigenvalue weighted by atomic mass is 10.1. The van der Waals surface area contributed by atoms with Crippen molar-refractivity contribution in [2.24, 2.45) is 0 Å². The van der Waals surface area contributed by atoms with Crippen LogP contribution < -0.4 is 4.90 Å². The molecule has 1 N–H and O–H groups in total. The van der Waals surface area contributed by atoms with Crippen molar-refractivity contribution in [1.82, 2.24) is 0 Å². The van der Waals surface area contributed by atoms with Crippen molar-refractivity contribution >= 4 is 28.5 Å². The molecular weight excluding hydrogens is 269 g/mol. The molecule has 0 bridgehead atoms. The zero-order valence-electron chi connectivity index (χ0n) is 10.2. The summed E-state index contributed by atoms with van der Waals surface area (Å²) in [7, 11) is -0.782. The molecule has 6 heteroatoms. The summed E-state index contributed by atoms with van der Waals surface area (Å²) in [6, 6.07) is 4.42. The second-order valence-electron chi connectivity index (χ2n) is 4.25. The third-order valence-electron chi connectivity index (χ3n) is 2.87. The van der Waals surface area contributed by atoms with Crippen LogP contribution in [0.2, 0.25) is 0 Å². The first-order valence-electron chi connectivity index (χ1n) is 5.86. The van der Waals surface area contributed by atoms with E-state index in [1.54, 1.807) is 6.07 Å². The van der Waals surface area contributed by atoms with Gasteiger partial charge in [-0.1, -0.05) is 0 Å². The van der Waals surface area contributed by atoms with Crippen LogP contribution >= 0.6 is 0 Å². The normalized spacial score (nSPS) is 17.0. The molecule has 102 valence electrons. The molecule has 19 heavy (non-hydrogen) atoms. The van der Waals surface area contributed by atoms with E-state index in [4.69, 9.17) is 5.11 Å². The average molecular weight is 283 g/mol. The Labute approximate surface area is 113 Å². The van der Waals surface area contributed by atoms with E-state index in [9.17, 15) is 13.4 Å². The number of hydrogen-bond donors (Lipinski definition) is 1. The van der Waals surface area contributed by atoms with Gasteiger partial charge in [0.15, 0.2) is 0 Å². The molecule has 1 aliphatic heterocycles. The molecule has 0 spiro atoms. The number of carboxylic acids is 1. The fourth-order valence-electron chi connectivity index (χ4n) is 1.94. The third kappa shape index (κ3) is 3.89. The topological polar surface area (TPSA) is 57.6 Å². The maximum absolute atomic E-state index is 13.5. The quantitative estimate of drug-likeness (QED) is 0.854. The van der Waals surface area contributed by atoms with Gasteiger partial charge in [0.2, 0.25) is 0 Å². The van der Waals surface area contributed by atoms with Crippen LogP contribution in [0, 0.1) is 5.82 Å². The second-order valence-corrected chi connectivity index (χ2v) is 5.95. The van der Waals surface area contributed by atoms with Crippen LogP contribution in [-0.4, -0.2) is 39.9 Å². The van der Waals surface area contributed by atoms with Crippen LogP contribution in [0.25, 0.3) is 6.08 Å². The van der Waals surface area contributed by atoms with Crippen molar-refractivity contribution in [1.29, 1.82) is 0 Å². The molecule has 1 heterocycles. The molecule has 0 unspecified atom stereocenters. The average Bonchev–Trinajstić information content (AvgIpc) is 2.36. The maximum atomic E-state index is 13.5. The number of anilines is 1. The van der Waals surface area contributed by atoms with Gasteiger partial charge in [0, 0.05) is 47.2 Å². The van der Waals surface area contributed by atoms with Crippen molar-refractivity contribution in [3.05, 3.63) is 35.7 Å². The Kier molecular flexibility index (Phi) is 4.31. The molecule has 2 rings (SSSR count). The summed E-state index contributed by atoms with van der Waals surface area (Å²) >= 11 is 0. The van der Waals surface area contributed by atoms with E-state index < -0.39 is 22.6 Å². The number of halogens is 1. The van der Waals surface area contributed by atoms with E-state index in [1.165, 1.54) is 18.2 Å². The van der Waals surface area contributed by atoms with E-state index in [0.29, 0.717) is 35.8 Å². The molecule has 1 aromatic carbocycles. The summed E-state index contributed by atoms with van der Waals surface area (Å²) in [6.07, 6.45) is 2.33. The summed E-state index contributed by atoms with van der Waals surface area (Å²) in [5.41, 5.74) is 1.20. The van der Waals surface area contributed by atoms with Gasteiger partial charge in [0.05, 0.1) is 0 Å². The zero-order chi connectivity index (χ0) is 13.8. The zero-order valence-corrected chi connectivity index (χ0v) is 11.0. The fraction of sp³-hybridized carbons (Fsp3) is 0.308. The van der Waals surface area contributed by atoms with Crippen LogP contribution in [0.4, 0.5) is 10.1 Å². The lowest BCUT2D eigenvalue weighted by molar-refractivity contribution is -0.131. The Balaban J connectivity index is 2.21. The minimum absolute atomic E-state index is 0.408. The van der Waals surface area contributed by atoms with Gasteiger partial charge in [-0.25, -0.2) is 9.18 Å². The number of rotatable bonds is 3. The Hall–Kier alpha value is -1.69. The third-order valence-corrected chi connectivity index (χ3v) is 4.14. The molecule has 1 aliphatic rings. The van der Waals surface area contributed by atoms with Gasteiger partial charge in [0.1, 0.15) is 5.82 Å². The van der Waals surface area contributed by atoms with Crippen molar-refractivity contribution in [3.8, 4) is 0 Å². The Bertz CT molecular complexity index is 535. The van der Waals surface area contributed by atoms with Crippen LogP contribution in [0.5, 0.6) is 0 Å². The molecule has 1 fully saturated rings. The smallest absolute Gasteiger partial charge is 0.328 e. The van der Waals surface area contributed by atoms with Gasteiger partial charge in [-0.3, -0.25) is 4.21 Å². The van der Waals surface area contributed by atoms with Gasteiger partial charge in [-0.2, -0.15) is 0 Å². The molecule has 1 saturated heterocycles. The molecule has 0 amide bonds. The number of carboxylic acid groups (broad SMARTS) is 1. The summed E-state index contributed by atoms with van der Waals surface area (Å²) in [5.74, 6) is -0.318. The van der Waals surface area contributed by atoms with Crippen molar-refractivity contribution in [3.63, 3.8) is 0 Å². The highest BCUT2D eigenvalue weighted by Crippen LogP contribution is 2.21. The monoisotopic (exact) mass is 283 g/mol. The van der Waals surface area contributed by atoms with Crippen LogP contribution in [0.3, 0.4) is 0 Å². The first kappa shape index (κ1) is 13.7.